The van der Waals surface area contributed by atoms with Crippen molar-refractivity contribution in [3.05, 3.63) is 52.1 Å². The second-order valence-electron chi connectivity index (χ2n) is 6.69. The highest BCUT2D eigenvalue weighted by atomic mass is 35.5. The number of nitrogens with zero attached hydrogens (tertiary/aromatic N) is 2. The molecule has 108 valence electrons. The summed E-state index contributed by atoms with van der Waals surface area (Å²) in [6.07, 6.45) is 4.00. The van der Waals surface area contributed by atoms with Gasteiger partial charge in [-0.3, -0.25) is 0 Å². The van der Waals surface area contributed by atoms with Gasteiger partial charge in [-0.05, 0) is 53.1 Å². The summed E-state index contributed by atoms with van der Waals surface area (Å²) in [5, 5.41) is 0.756. The highest BCUT2D eigenvalue weighted by Gasteiger charge is 2.17. The minimum absolute atomic E-state index is 0.192. The Kier molecular flexibility index (Phi) is 3.97. The van der Waals surface area contributed by atoms with Gasteiger partial charge in [0.2, 0.25) is 11.5 Å². The average Bonchev–Trinajstić information content (AvgIpc) is 2.62. The molecule has 1 heterocycles. The van der Waals surface area contributed by atoms with E-state index in [1.54, 1.807) is 0 Å². The highest BCUT2D eigenvalue weighted by Crippen LogP contribution is 2.26. The number of imidazole rings is 1. The lowest BCUT2D eigenvalue weighted by molar-refractivity contribution is -0.687. The van der Waals surface area contributed by atoms with Crippen molar-refractivity contribution in [2.45, 2.75) is 46.6 Å². The third kappa shape index (κ3) is 3.06. The largest absolute Gasteiger partial charge is 0.245 e. The fourth-order valence-corrected chi connectivity index (χ4v) is 2.65. The predicted molar refractivity (Wildman–Crippen MR) is 84.3 cm³/mol. The van der Waals surface area contributed by atoms with Crippen LogP contribution in [0.1, 0.15) is 43.0 Å². The third-order valence-electron chi connectivity index (χ3n) is 3.83. The van der Waals surface area contributed by atoms with Crippen LogP contribution in [0.3, 0.4) is 0 Å². The first-order valence-electron chi connectivity index (χ1n) is 7.00. The van der Waals surface area contributed by atoms with E-state index in [1.165, 1.54) is 22.3 Å². The minimum atomic E-state index is 0.192. The predicted octanol–water partition coefficient (Wildman–Crippen LogP) is 3.93. The van der Waals surface area contributed by atoms with E-state index in [-0.39, 0.29) is 5.41 Å². The SMILES string of the molecule is Cc1cc(C(C)(C)C)cc(C)c1C[n+]1cc(Cl)n(C)c1. The van der Waals surface area contributed by atoms with Crippen LogP contribution in [0.4, 0.5) is 0 Å². The fraction of sp³-hybridized carbons (Fsp3) is 0.471. The molecule has 0 N–H and O–H groups in total. The van der Waals surface area contributed by atoms with Crippen LogP contribution in [0, 0.1) is 13.8 Å². The van der Waals surface area contributed by atoms with Gasteiger partial charge in [0.15, 0.2) is 0 Å². The first-order chi connectivity index (χ1) is 9.18. The summed E-state index contributed by atoms with van der Waals surface area (Å²) in [6, 6.07) is 4.63. The molecule has 3 heteroatoms. The van der Waals surface area contributed by atoms with Crippen LogP contribution in [0.25, 0.3) is 0 Å². The van der Waals surface area contributed by atoms with E-state index in [0.717, 1.165) is 11.7 Å². The number of benzene rings is 1. The maximum absolute atomic E-state index is 6.10. The van der Waals surface area contributed by atoms with Gasteiger partial charge in [0, 0.05) is 0 Å². The Balaban J connectivity index is 2.38. The van der Waals surface area contributed by atoms with Crippen LogP contribution >= 0.6 is 11.6 Å². The molecule has 2 nitrogen and oxygen atoms in total. The summed E-state index contributed by atoms with van der Waals surface area (Å²) in [7, 11) is 1.96. The molecule has 20 heavy (non-hydrogen) atoms. The molecular formula is C17H24ClN2+. The zero-order valence-corrected chi connectivity index (χ0v) is 14.0. The average molecular weight is 292 g/mol. The number of aryl methyl sites for hydroxylation is 3. The van der Waals surface area contributed by atoms with Gasteiger partial charge in [0.25, 0.3) is 0 Å². The van der Waals surface area contributed by atoms with Crippen LogP contribution < -0.4 is 4.57 Å². The lowest BCUT2D eigenvalue weighted by Crippen LogP contribution is -2.32. The lowest BCUT2D eigenvalue weighted by Gasteiger charge is -2.22. The van der Waals surface area contributed by atoms with Crippen LogP contribution in [-0.2, 0) is 19.0 Å². The summed E-state index contributed by atoms with van der Waals surface area (Å²) in [4.78, 5) is 0. The molecule has 0 aliphatic carbocycles. The molecule has 2 rings (SSSR count). The molecule has 0 atom stereocenters. The summed E-state index contributed by atoms with van der Waals surface area (Å²) in [6.45, 7) is 12.0. The van der Waals surface area contributed by atoms with Crippen LogP contribution in [0.15, 0.2) is 24.7 Å². The summed E-state index contributed by atoms with van der Waals surface area (Å²) >= 11 is 6.10. The van der Waals surface area contributed by atoms with E-state index in [4.69, 9.17) is 11.6 Å². The van der Waals surface area contributed by atoms with Gasteiger partial charge >= 0.3 is 0 Å². The van der Waals surface area contributed by atoms with Gasteiger partial charge in [-0.2, -0.15) is 0 Å². The molecule has 0 saturated carbocycles. The highest BCUT2D eigenvalue weighted by molar-refractivity contribution is 6.29. The van der Waals surface area contributed by atoms with Crippen molar-refractivity contribution in [3.63, 3.8) is 0 Å². The zero-order chi connectivity index (χ0) is 15.1. The Bertz CT molecular complexity index is 590. The van der Waals surface area contributed by atoms with Crippen molar-refractivity contribution in [2.24, 2.45) is 7.05 Å². The molecular weight excluding hydrogens is 268 g/mol. The van der Waals surface area contributed by atoms with Gasteiger partial charge in [0.05, 0.1) is 7.05 Å². The van der Waals surface area contributed by atoms with E-state index >= 15 is 0 Å². The van der Waals surface area contributed by atoms with Crippen LogP contribution in [0.5, 0.6) is 0 Å². The van der Waals surface area contributed by atoms with E-state index in [9.17, 15) is 0 Å². The molecule has 1 aromatic heterocycles. The van der Waals surface area contributed by atoms with Crippen molar-refractivity contribution in [1.82, 2.24) is 4.57 Å². The van der Waals surface area contributed by atoms with Gasteiger partial charge in [-0.15, -0.1) is 0 Å². The third-order valence-corrected chi connectivity index (χ3v) is 4.20. The first kappa shape index (κ1) is 15.1. The summed E-state index contributed by atoms with van der Waals surface area (Å²) < 4.78 is 4.06. The number of hydrogen-bond donors (Lipinski definition) is 0. The fourth-order valence-electron chi connectivity index (χ4n) is 2.48. The Morgan fingerprint density at radius 2 is 1.70 bits per heavy atom. The Morgan fingerprint density at radius 3 is 2.10 bits per heavy atom. The molecule has 0 radical (unpaired) electrons. The van der Waals surface area contributed by atoms with E-state index in [2.05, 4.69) is 51.3 Å². The number of halogens is 1. The van der Waals surface area contributed by atoms with Gasteiger partial charge < -0.3 is 0 Å². The Morgan fingerprint density at radius 1 is 1.15 bits per heavy atom. The van der Waals surface area contributed by atoms with Crippen molar-refractivity contribution in [3.8, 4) is 0 Å². The summed E-state index contributed by atoms with van der Waals surface area (Å²) in [5.74, 6) is 0. The van der Waals surface area contributed by atoms with Crippen molar-refractivity contribution < 1.29 is 4.57 Å². The minimum Gasteiger partial charge on any atom is -0.231 e. The van der Waals surface area contributed by atoms with Crippen LogP contribution in [-0.4, -0.2) is 4.57 Å². The smallest absolute Gasteiger partial charge is 0.231 e. The Hall–Kier alpha value is -1.28. The van der Waals surface area contributed by atoms with Gasteiger partial charge in [-0.1, -0.05) is 32.9 Å². The van der Waals surface area contributed by atoms with Gasteiger partial charge in [0.1, 0.15) is 12.7 Å². The topological polar surface area (TPSA) is 8.81 Å². The van der Waals surface area contributed by atoms with Crippen molar-refractivity contribution in [2.75, 3.05) is 0 Å². The molecule has 0 spiro atoms. The lowest BCUT2D eigenvalue weighted by atomic mass is 9.84. The van der Waals surface area contributed by atoms with Crippen molar-refractivity contribution >= 4 is 11.6 Å². The van der Waals surface area contributed by atoms with Gasteiger partial charge in [-0.25, -0.2) is 9.13 Å². The molecule has 1 aromatic carbocycles. The first-order valence-corrected chi connectivity index (χ1v) is 7.38. The molecule has 0 unspecified atom stereocenters. The number of aromatic nitrogens is 2. The van der Waals surface area contributed by atoms with Crippen LogP contribution in [0.2, 0.25) is 5.15 Å². The number of hydrogen-bond acceptors (Lipinski definition) is 0. The molecule has 0 saturated heterocycles. The molecule has 0 aliphatic heterocycles. The second-order valence-corrected chi connectivity index (χ2v) is 7.08. The normalized spacial score (nSPS) is 11.9. The van der Waals surface area contributed by atoms with E-state index in [1.807, 2.05) is 24.1 Å². The Labute approximate surface area is 127 Å². The monoisotopic (exact) mass is 291 g/mol. The standard InChI is InChI=1S/C17H24ClN2/c1-12-7-14(17(3,4)5)8-13(2)15(12)9-20-10-16(18)19(6)11-20/h7-8,10-11H,9H2,1-6H3/q+1. The number of rotatable bonds is 2. The van der Waals surface area contributed by atoms with Crippen molar-refractivity contribution in [1.29, 1.82) is 0 Å². The van der Waals surface area contributed by atoms with E-state index in [0.29, 0.717) is 0 Å². The maximum atomic E-state index is 6.10. The van der Waals surface area contributed by atoms with E-state index < -0.39 is 0 Å². The maximum Gasteiger partial charge on any atom is 0.245 e. The molecule has 0 bridgehead atoms. The zero-order valence-electron chi connectivity index (χ0n) is 13.3. The molecule has 0 aliphatic rings. The molecule has 0 amide bonds. The second kappa shape index (κ2) is 5.25. The molecule has 0 fully saturated rings. The summed E-state index contributed by atoms with van der Waals surface area (Å²) in [5.41, 5.74) is 5.67. The molecule has 2 aromatic rings. The quantitative estimate of drug-likeness (QED) is 0.742.